The zero-order chi connectivity index (χ0) is 6.74. The fraction of sp³-hybridized carbons (Fsp3) is 0.714. The molecular formula is C7H10O2. The Morgan fingerprint density at radius 3 is 2.33 bits per heavy atom. The van der Waals surface area contributed by atoms with E-state index in [0.717, 1.165) is 0 Å². The number of rotatable bonds is 0. The predicted molar refractivity (Wildman–Crippen MR) is 33.8 cm³/mol. The van der Waals surface area contributed by atoms with Gasteiger partial charge in [-0.05, 0) is 0 Å². The summed E-state index contributed by atoms with van der Waals surface area (Å²) in [4.78, 5) is 0. The molecular weight excluding hydrogens is 116 g/mol. The lowest BCUT2D eigenvalue weighted by Crippen LogP contribution is -2.34. The number of ether oxygens (including phenoxy) is 1. The summed E-state index contributed by atoms with van der Waals surface area (Å²) < 4.78 is 5.01. The summed E-state index contributed by atoms with van der Waals surface area (Å²) in [6, 6.07) is 0. The average molecular weight is 126 g/mol. The second-order valence-corrected chi connectivity index (χ2v) is 2.29. The molecule has 1 saturated heterocycles. The van der Waals surface area contributed by atoms with Gasteiger partial charge in [0.25, 0.3) is 0 Å². The summed E-state index contributed by atoms with van der Waals surface area (Å²) in [7, 11) is 0. The highest BCUT2D eigenvalue weighted by molar-refractivity contribution is 5.07. The summed E-state index contributed by atoms with van der Waals surface area (Å²) in [5.74, 6) is 2.36. The van der Waals surface area contributed by atoms with E-state index in [0.29, 0.717) is 26.1 Å². The molecule has 1 fully saturated rings. The third kappa shape index (κ3) is 1.44. The lowest BCUT2D eigenvalue weighted by molar-refractivity contribution is -0.0261. The molecule has 1 heterocycles. The van der Waals surface area contributed by atoms with E-state index in [1.165, 1.54) is 0 Å². The highest BCUT2D eigenvalue weighted by Crippen LogP contribution is 2.18. The standard InChI is InChI=1S/C7H10O2/c1-2-7(8)3-5-9-6-4-7/h1,8H,3-6H2. The molecule has 9 heavy (non-hydrogen) atoms. The Balaban J connectivity index is 2.49. The molecule has 1 N–H and O–H groups in total. The van der Waals surface area contributed by atoms with Crippen molar-refractivity contribution in [2.45, 2.75) is 18.4 Å². The monoisotopic (exact) mass is 126 g/mol. The molecule has 0 unspecified atom stereocenters. The van der Waals surface area contributed by atoms with Crippen molar-refractivity contribution in [2.75, 3.05) is 13.2 Å². The smallest absolute Gasteiger partial charge is 0.129 e. The van der Waals surface area contributed by atoms with Crippen molar-refractivity contribution in [2.24, 2.45) is 0 Å². The molecule has 0 aromatic rings. The lowest BCUT2D eigenvalue weighted by atomic mass is 9.96. The van der Waals surface area contributed by atoms with Crippen molar-refractivity contribution in [3.63, 3.8) is 0 Å². The number of terminal acetylenes is 1. The second kappa shape index (κ2) is 2.38. The first-order chi connectivity index (χ1) is 4.27. The van der Waals surface area contributed by atoms with Gasteiger partial charge in [-0.2, -0.15) is 0 Å². The summed E-state index contributed by atoms with van der Waals surface area (Å²) in [5, 5.41) is 9.36. The van der Waals surface area contributed by atoms with Crippen LogP contribution in [-0.4, -0.2) is 23.9 Å². The van der Waals surface area contributed by atoms with Crippen molar-refractivity contribution in [1.82, 2.24) is 0 Å². The molecule has 0 aromatic carbocycles. The van der Waals surface area contributed by atoms with Crippen LogP contribution < -0.4 is 0 Å². The van der Waals surface area contributed by atoms with Crippen LogP contribution >= 0.6 is 0 Å². The Labute approximate surface area is 54.8 Å². The summed E-state index contributed by atoms with van der Waals surface area (Å²) in [6.07, 6.45) is 6.23. The normalized spacial score (nSPS) is 24.9. The van der Waals surface area contributed by atoms with E-state index in [1.54, 1.807) is 0 Å². The van der Waals surface area contributed by atoms with E-state index < -0.39 is 5.60 Å². The van der Waals surface area contributed by atoms with Gasteiger partial charge in [0.1, 0.15) is 5.60 Å². The van der Waals surface area contributed by atoms with E-state index in [-0.39, 0.29) is 0 Å². The Kier molecular flexibility index (Phi) is 1.75. The van der Waals surface area contributed by atoms with Crippen LogP contribution in [0, 0.1) is 12.3 Å². The van der Waals surface area contributed by atoms with Gasteiger partial charge in [0.15, 0.2) is 0 Å². The molecule has 0 saturated carbocycles. The van der Waals surface area contributed by atoms with Crippen LogP contribution in [0.25, 0.3) is 0 Å². The topological polar surface area (TPSA) is 29.5 Å². The fourth-order valence-corrected chi connectivity index (χ4v) is 0.853. The molecule has 0 radical (unpaired) electrons. The molecule has 0 amide bonds. The van der Waals surface area contributed by atoms with Crippen LogP contribution in [-0.2, 0) is 4.74 Å². The molecule has 1 aliphatic heterocycles. The van der Waals surface area contributed by atoms with Crippen LogP contribution in [0.4, 0.5) is 0 Å². The van der Waals surface area contributed by atoms with Gasteiger partial charge in [-0.1, -0.05) is 5.92 Å². The van der Waals surface area contributed by atoms with Gasteiger partial charge in [-0.3, -0.25) is 0 Å². The first kappa shape index (κ1) is 6.60. The van der Waals surface area contributed by atoms with Crippen molar-refractivity contribution in [1.29, 1.82) is 0 Å². The zero-order valence-electron chi connectivity index (χ0n) is 5.26. The van der Waals surface area contributed by atoms with E-state index in [1.807, 2.05) is 0 Å². The molecule has 0 aliphatic carbocycles. The molecule has 50 valence electrons. The molecule has 0 bridgehead atoms. The number of hydrogen-bond acceptors (Lipinski definition) is 2. The Morgan fingerprint density at radius 2 is 2.00 bits per heavy atom. The fourth-order valence-electron chi connectivity index (χ4n) is 0.853. The van der Waals surface area contributed by atoms with Crippen molar-refractivity contribution in [3.05, 3.63) is 0 Å². The minimum atomic E-state index is -0.877. The van der Waals surface area contributed by atoms with E-state index >= 15 is 0 Å². The minimum Gasteiger partial charge on any atom is -0.381 e. The largest absolute Gasteiger partial charge is 0.381 e. The summed E-state index contributed by atoms with van der Waals surface area (Å²) in [5.41, 5.74) is -0.877. The number of aliphatic hydroxyl groups is 1. The van der Waals surface area contributed by atoms with Gasteiger partial charge in [0, 0.05) is 12.8 Å². The van der Waals surface area contributed by atoms with Crippen LogP contribution in [0.15, 0.2) is 0 Å². The van der Waals surface area contributed by atoms with E-state index in [9.17, 15) is 5.11 Å². The van der Waals surface area contributed by atoms with Gasteiger partial charge in [0.2, 0.25) is 0 Å². The highest BCUT2D eigenvalue weighted by Gasteiger charge is 2.26. The minimum absolute atomic E-state index is 0.573. The molecule has 1 aliphatic rings. The van der Waals surface area contributed by atoms with Crippen molar-refractivity contribution >= 4 is 0 Å². The molecule has 1 rings (SSSR count). The molecule has 0 atom stereocenters. The summed E-state index contributed by atoms with van der Waals surface area (Å²) in [6.45, 7) is 1.17. The Bertz CT molecular complexity index is 128. The SMILES string of the molecule is C#CC1(O)CCOCC1. The zero-order valence-corrected chi connectivity index (χ0v) is 5.26. The van der Waals surface area contributed by atoms with Crippen LogP contribution in [0.3, 0.4) is 0 Å². The third-order valence-electron chi connectivity index (χ3n) is 1.59. The first-order valence-corrected chi connectivity index (χ1v) is 3.05. The predicted octanol–water partition coefficient (Wildman–Crippen LogP) is 0.161. The third-order valence-corrected chi connectivity index (χ3v) is 1.59. The average Bonchev–Trinajstić information content (AvgIpc) is 1.90. The highest BCUT2D eigenvalue weighted by atomic mass is 16.5. The van der Waals surface area contributed by atoms with E-state index in [2.05, 4.69) is 5.92 Å². The molecule has 0 aromatic heterocycles. The maximum absolute atomic E-state index is 9.36. The maximum Gasteiger partial charge on any atom is 0.129 e. The quantitative estimate of drug-likeness (QED) is 0.468. The van der Waals surface area contributed by atoms with Gasteiger partial charge in [-0.25, -0.2) is 0 Å². The van der Waals surface area contributed by atoms with Crippen molar-refractivity contribution in [3.8, 4) is 12.3 Å². The number of hydrogen-bond donors (Lipinski definition) is 1. The van der Waals surface area contributed by atoms with Gasteiger partial charge < -0.3 is 9.84 Å². The van der Waals surface area contributed by atoms with Gasteiger partial charge in [0.05, 0.1) is 13.2 Å². The van der Waals surface area contributed by atoms with Gasteiger partial charge in [-0.15, -0.1) is 6.42 Å². The Hall–Kier alpha value is -0.520. The van der Waals surface area contributed by atoms with Crippen LogP contribution in [0.2, 0.25) is 0 Å². The Morgan fingerprint density at radius 1 is 1.44 bits per heavy atom. The van der Waals surface area contributed by atoms with Crippen LogP contribution in [0.5, 0.6) is 0 Å². The maximum atomic E-state index is 9.36. The lowest BCUT2D eigenvalue weighted by Gasteiger charge is -2.26. The summed E-state index contributed by atoms with van der Waals surface area (Å²) >= 11 is 0. The van der Waals surface area contributed by atoms with Gasteiger partial charge >= 0.3 is 0 Å². The molecule has 2 heteroatoms. The van der Waals surface area contributed by atoms with E-state index in [4.69, 9.17) is 11.2 Å². The van der Waals surface area contributed by atoms with Crippen molar-refractivity contribution < 1.29 is 9.84 Å². The first-order valence-electron chi connectivity index (χ1n) is 3.05. The second-order valence-electron chi connectivity index (χ2n) is 2.29. The molecule has 0 spiro atoms. The molecule has 2 nitrogen and oxygen atoms in total. The van der Waals surface area contributed by atoms with Crippen LogP contribution in [0.1, 0.15) is 12.8 Å².